The zero-order valence-electron chi connectivity index (χ0n) is 6.56. The summed E-state index contributed by atoms with van der Waals surface area (Å²) < 4.78 is 2.29. The maximum absolute atomic E-state index is 8.54. The van der Waals surface area contributed by atoms with Crippen LogP contribution in [0.3, 0.4) is 0 Å². The number of nitrogens with zero attached hydrogens (tertiary/aromatic N) is 1. The summed E-state index contributed by atoms with van der Waals surface area (Å²) in [5, 5.41) is 8.54. The van der Waals surface area contributed by atoms with E-state index in [4.69, 9.17) is 5.26 Å². The Balaban J connectivity index is 3.19. The van der Waals surface area contributed by atoms with Crippen LogP contribution in [0.4, 0.5) is 0 Å². The van der Waals surface area contributed by atoms with Crippen molar-refractivity contribution in [3.8, 4) is 6.07 Å². The molecule has 0 heterocycles. The Hall–Kier alpha value is -0.0800. The molecule has 0 unspecified atom stereocenters. The lowest BCUT2D eigenvalue weighted by atomic mass is 10.1. The molecule has 0 saturated heterocycles. The lowest BCUT2D eigenvalue weighted by molar-refractivity contribution is 1.19. The first kappa shape index (κ1) is 10.0. The molecule has 1 rings (SSSR count). The number of rotatable bonds is 1. The molecular weight excluding hydrogens is 329 g/mol. The molecule has 0 aromatic heterocycles. The minimum absolute atomic E-state index is 0.487. The van der Waals surface area contributed by atoms with Gasteiger partial charge in [0.25, 0.3) is 0 Å². The molecule has 0 aliphatic rings. The number of nitriles is 1. The molecule has 0 N–H and O–H groups in total. The van der Waals surface area contributed by atoms with Crippen molar-refractivity contribution in [3.63, 3.8) is 0 Å². The smallest absolute Gasteiger partial charge is 0.0669 e. The third kappa shape index (κ3) is 1.99. The van der Waals surface area contributed by atoms with Crippen molar-refractivity contribution in [1.29, 1.82) is 5.26 Å². The van der Waals surface area contributed by atoms with Gasteiger partial charge in [-0.05, 0) is 62.6 Å². The summed E-state index contributed by atoms with van der Waals surface area (Å²) in [6.07, 6.45) is 0.487. The quantitative estimate of drug-likeness (QED) is 0.721. The topological polar surface area (TPSA) is 23.8 Å². The molecule has 0 aliphatic carbocycles. The second-order valence-electron chi connectivity index (χ2n) is 2.48. The van der Waals surface area contributed by atoms with Gasteiger partial charge in [-0.25, -0.2) is 0 Å². The second kappa shape index (κ2) is 4.24. The van der Waals surface area contributed by atoms with E-state index in [-0.39, 0.29) is 0 Å². The van der Waals surface area contributed by atoms with Crippen LogP contribution in [0.15, 0.2) is 16.6 Å². The van der Waals surface area contributed by atoms with Gasteiger partial charge in [-0.2, -0.15) is 5.26 Å². The van der Waals surface area contributed by atoms with Crippen LogP contribution in [-0.2, 0) is 6.42 Å². The van der Waals surface area contributed by atoms with Crippen molar-refractivity contribution in [1.82, 2.24) is 0 Å². The summed E-state index contributed by atoms with van der Waals surface area (Å²) in [7, 11) is 0. The van der Waals surface area contributed by atoms with E-state index < -0.39 is 0 Å². The first-order chi connectivity index (χ1) is 5.66. The van der Waals surface area contributed by atoms with E-state index in [1.165, 1.54) is 9.13 Å². The molecule has 3 heteroatoms. The van der Waals surface area contributed by atoms with Crippen molar-refractivity contribution < 1.29 is 0 Å². The van der Waals surface area contributed by atoms with Gasteiger partial charge < -0.3 is 0 Å². The third-order valence-electron chi connectivity index (χ3n) is 1.72. The Bertz CT molecular complexity index is 341. The van der Waals surface area contributed by atoms with E-state index in [0.717, 1.165) is 10.0 Å². The third-order valence-corrected chi connectivity index (χ3v) is 4.38. The maximum atomic E-state index is 8.54. The van der Waals surface area contributed by atoms with Gasteiger partial charge in [0.2, 0.25) is 0 Å². The molecule has 12 heavy (non-hydrogen) atoms. The van der Waals surface area contributed by atoms with Crippen LogP contribution in [-0.4, -0.2) is 0 Å². The molecule has 0 fully saturated rings. The van der Waals surface area contributed by atoms with Gasteiger partial charge in [-0.1, -0.05) is 6.07 Å². The fourth-order valence-corrected chi connectivity index (χ4v) is 1.94. The highest BCUT2D eigenvalue weighted by molar-refractivity contribution is 14.1. The average Bonchev–Trinajstić information content (AvgIpc) is 2.07. The molecule has 0 atom stereocenters. The number of hydrogen-bond acceptors (Lipinski definition) is 1. The first-order valence-electron chi connectivity index (χ1n) is 3.47. The van der Waals surface area contributed by atoms with Gasteiger partial charge in [0, 0.05) is 8.04 Å². The van der Waals surface area contributed by atoms with E-state index in [9.17, 15) is 0 Å². The van der Waals surface area contributed by atoms with Crippen molar-refractivity contribution in [2.45, 2.75) is 13.3 Å². The summed E-state index contributed by atoms with van der Waals surface area (Å²) in [5.74, 6) is 0. The minimum atomic E-state index is 0.487. The van der Waals surface area contributed by atoms with Crippen LogP contribution in [0.1, 0.15) is 11.1 Å². The summed E-state index contributed by atoms with van der Waals surface area (Å²) >= 11 is 5.75. The molecule has 0 amide bonds. The van der Waals surface area contributed by atoms with E-state index in [2.05, 4.69) is 44.6 Å². The molecule has 0 aliphatic heterocycles. The summed E-state index contributed by atoms with van der Waals surface area (Å²) in [4.78, 5) is 0. The van der Waals surface area contributed by atoms with Gasteiger partial charge in [0.1, 0.15) is 0 Å². The molecule has 1 nitrogen and oxygen atoms in total. The van der Waals surface area contributed by atoms with Crippen LogP contribution in [0.5, 0.6) is 0 Å². The van der Waals surface area contributed by atoms with Crippen LogP contribution in [0.2, 0.25) is 0 Å². The van der Waals surface area contributed by atoms with Gasteiger partial charge in [-0.15, -0.1) is 0 Å². The van der Waals surface area contributed by atoms with E-state index in [1.807, 2.05) is 19.1 Å². The standard InChI is InChI=1S/C9H7BrIN/c1-6-7(4-5-12)2-3-8(11)9(6)10/h2-3H,4H2,1H3. The Kier molecular flexibility index (Phi) is 3.53. The lowest BCUT2D eigenvalue weighted by Gasteiger charge is -2.05. The van der Waals surface area contributed by atoms with E-state index in [0.29, 0.717) is 6.42 Å². The lowest BCUT2D eigenvalue weighted by Crippen LogP contribution is -1.90. The van der Waals surface area contributed by atoms with Gasteiger partial charge in [0.05, 0.1) is 12.5 Å². The molecular formula is C9H7BrIN. The molecule has 0 spiro atoms. The summed E-state index contributed by atoms with van der Waals surface area (Å²) in [6.45, 7) is 2.03. The van der Waals surface area contributed by atoms with E-state index in [1.54, 1.807) is 0 Å². The monoisotopic (exact) mass is 335 g/mol. The van der Waals surface area contributed by atoms with Gasteiger partial charge in [0.15, 0.2) is 0 Å². The SMILES string of the molecule is Cc1c(CC#N)ccc(I)c1Br. The predicted octanol–water partition coefficient (Wildman–Crippen LogP) is 3.43. The fourth-order valence-electron chi connectivity index (χ4n) is 0.969. The zero-order valence-corrected chi connectivity index (χ0v) is 10.3. The minimum Gasteiger partial charge on any atom is -0.198 e. The number of benzene rings is 1. The Morgan fingerprint density at radius 1 is 1.58 bits per heavy atom. The molecule has 0 saturated carbocycles. The fraction of sp³-hybridized carbons (Fsp3) is 0.222. The predicted molar refractivity (Wildman–Crippen MR) is 60.9 cm³/mol. The second-order valence-corrected chi connectivity index (χ2v) is 4.44. The highest BCUT2D eigenvalue weighted by Gasteiger charge is 2.04. The van der Waals surface area contributed by atoms with Crippen molar-refractivity contribution in [2.24, 2.45) is 0 Å². The number of hydrogen-bond donors (Lipinski definition) is 0. The number of halogens is 2. The normalized spacial score (nSPS) is 9.50. The van der Waals surface area contributed by atoms with Crippen molar-refractivity contribution in [2.75, 3.05) is 0 Å². The molecule has 0 radical (unpaired) electrons. The summed E-state index contributed by atoms with van der Waals surface area (Å²) in [6, 6.07) is 6.17. The Morgan fingerprint density at radius 3 is 2.83 bits per heavy atom. The van der Waals surface area contributed by atoms with Crippen molar-refractivity contribution >= 4 is 38.5 Å². The Labute approximate surface area is 94.0 Å². The maximum Gasteiger partial charge on any atom is 0.0669 e. The first-order valence-corrected chi connectivity index (χ1v) is 5.34. The van der Waals surface area contributed by atoms with Gasteiger partial charge >= 0.3 is 0 Å². The molecule has 1 aromatic rings. The van der Waals surface area contributed by atoms with Crippen LogP contribution < -0.4 is 0 Å². The Morgan fingerprint density at radius 2 is 2.25 bits per heavy atom. The molecule has 1 aromatic carbocycles. The van der Waals surface area contributed by atoms with Crippen LogP contribution in [0, 0.1) is 21.8 Å². The largest absolute Gasteiger partial charge is 0.198 e. The average molecular weight is 336 g/mol. The van der Waals surface area contributed by atoms with Crippen molar-refractivity contribution in [3.05, 3.63) is 31.3 Å². The molecule has 0 bridgehead atoms. The molecule has 62 valence electrons. The van der Waals surface area contributed by atoms with Gasteiger partial charge in [-0.3, -0.25) is 0 Å². The highest BCUT2D eigenvalue weighted by atomic mass is 127. The van der Waals surface area contributed by atoms with E-state index >= 15 is 0 Å². The highest BCUT2D eigenvalue weighted by Crippen LogP contribution is 2.25. The zero-order chi connectivity index (χ0) is 9.14. The summed E-state index contributed by atoms with van der Waals surface area (Å²) in [5.41, 5.74) is 2.27. The van der Waals surface area contributed by atoms with Crippen LogP contribution in [0.25, 0.3) is 0 Å². The van der Waals surface area contributed by atoms with Crippen LogP contribution >= 0.6 is 38.5 Å².